The second-order valence-corrected chi connectivity index (χ2v) is 4.01. The Labute approximate surface area is 95.5 Å². The third-order valence-electron chi connectivity index (χ3n) is 2.09. The molecule has 0 aliphatic rings. The molecule has 0 aromatic carbocycles. The molecule has 2 N–H and O–H groups in total. The molecule has 0 saturated carbocycles. The number of imidazole rings is 1. The van der Waals surface area contributed by atoms with Crippen LogP contribution in [0, 0.1) is 6.92 Å². The zero-order valence-electron chi connectivity index (χ0n) is 8.40. The quantitative estimate of drug-likeness (QED) is 0.851. The Hall–Kier alpha value is -1.43. The average molecular weight is 268 g/mol. The van der Waals surface area contributed by atoms with Crippen molar-refractivity contribution in [2.24, 2.45) is 7.05 Å². The van der Waals surface area contributed by atoms with E-state index in [-0.39, 0.29) is 0 Å². The van der Waals surface area contributed by atoms with E-state index < -0.39 is 0 Å². The molecule has 5 nitrogen and oxygen atoms in total. The van der Waals surface area contributed by atoms with E-state index >= 15 is 0 Å². The van der Waals surface area contributed by atoms with Gasteiger partial charge in [0.15, 0.2) is 5.82 Å². The van der Waals surface area contributed by atoms with Gasteiger partial charge in [0.1, 0.15) is 11.5 Å². The van der Waals surface area contributed by atoms with Crippen LogP contribution in [0.3, 0.4) is 0 Å². The van der Waals surface area contributed by atoms with Gasteiger partial charge in [-0.25, -0.2) is 15.0 Å². The molecular formula is C9H10BrN5. The molecule has 0 saturated heterocycles. The van der Waals surface area contributed by atoms with Crippen molar-refractivity contribution in [3.05, 3.63) is 22.7 Å². The smallest absolute Gasteiger partial charge is 0.180 e. The van der Waals surface area contributed by atoms with Crippen LogP contribution in [-0.2, 0) is 7.05 Å². The summed E-state index contributed by atoms with van der Waals surface area (Å²) in [6, 6.07) is 0. The molecule has 0 atom stereocenters. The first-order chi connectivity index (χ1) is 7.09. The Bertz CT molecular complexity index is 482. The lowest BCUT2D eigenvalue weighted by molar-refractivity contribution is 0.905. The summed E-state index contributed by atoms with van der Waals surface area (Å²) in [6.45, 7) is 1.88. The Morgan fingerprint density at radius 3 is 2.67 bits per heavy atom. The number of hydrogen-bond donors (Lipinski definition) is 1. The molecule has 2 heterocycles. The van der Waals surface area contributed by atoms with Gasteiger partial charge in [0.2, 0.25) is 0 Å². The maximum absolute atomic E-state index is 5.75. The second-order valence-electron chi connectivity index (χ2n) is 3.22. The summed E-state index contributed by atoms with van der Waals surface area (Å²) < 4.78 is 2.59. The van der Waals surface area contributed by atoms with E-state index in [2.05, 4.69) is 30.9 Å². The van der Waals surface area contributed by atoms with Crippen LogP contribution in [0.25, 0.3) is 11.5 Å². The molecule has 0 fully saturated rings. The Kier molecular flexibility index (Phi) is 2.44. The van der Waals surface area contributed by atoms with Crippen LogP contribution in [0.4, 0.5) is 5.82 Å². The Morgan fingerprint density at radius 1 is 1.40 bits per heavy atom. The fourth-order valence-electron chi connectivity index (χ4n) is 1.27. The molecule has 6 heteroatoms. The molecule has 0 aliphatic carbocycles. The number of anilines is 1. The molecule has 0 amide bonds. The van der Waals surface area contributed by atoms with Crippen LogP contribution in [0.2, 0.25) is 0 Å². The SMILES string of the molecule is Cc1nc(-c2cncn2C)nc(N)c1Br. The van der Waals surface area contributed by atoms with Crippen molar-refractivity contribution < 1.29 is 0 Å². The van der Waals surface area contributed by atoms with Crippen molar-refractivity contribution in [3.8, 4) is 11.5 Å². The second kappa shape index (κ2) is 3.62. The number of nitrogens with zero attached hydrogens (tertiary/aromatic N) is 4. The van der Waals surface area contributed by atoms with Gasteiger partial charge in [-0.15, -0.1) is 0 Å². The van der Waals surface area contributed by atoms with E-state index in [0.29, 0.717) is 11.6 Å². The molecular weight excluding hydrogens is 258 g/mol. The maximum atomic E-state index is 5.75. The summed E-state index contributed by atoms with van der Waals surface area (Å²) in [4.78, 5) is 12.5. The van der Waals surface area contributed by atoms with Gasteiger partial charge in [0.05, 0.1) is 22.7 Å². The lowest BCUT2D eigenvalue weighted by atomic mass is 10.3. The number of rotatable bonds is 1. The van der Waals surface area contributed by atoms with Crippen molar-refractivity contribution in [1.29, 1.82) is 0 Å². The normalized spacial score (nSPS) is 10.6. The highest BCUT2D eigenvalue weighted by Gasteiger charge is 2.10. The van der Waals surface area contributed by atoms with E-state index in [9.17, 15) is 0 Å². The zero-order valence-corrected chi connectivity index (χ0v) is 9.98. The zero-order chi connectivity index (χ0) is 11.0. The number of aromatic nitrogens is 4. The molecule has 78 valence electrons. The molecule has 0 radical (unpaired) electrons. The topological polar surface area (TPSA) is 69.6 Å². The maximum Gasteiger partial charge on any atom is 0.180 e. The highest BCUT2D eigenvalue weighted by Crippen LogP contribution is 2.23. The number of aryl methyl sites for hydroxylation is 2. The van der Waals surface area contributed by atoms with Gasteiger partial charge in [0, 0.05) is 7.05 Å². The van der Waals surface area contributed by atoms with Gasteiger partial charge in [-0.1, -0.05) is 0 Å². The van der Waals surface area contributed by atoms with Gasteiger partial charge >= 0.3 is 0 Å². The van der Waals surface area contributed by atoms with Crippen LogP contribution in [0.5, 0.6) is 0 Å². The van der Waals surface area contributed by atoms with Crippen molar-refractivity contribution in [2.75, 3.05) is 5.73 Å². The number of halogens is 1. The molecule has 2 aromatic heterocycles. The molecule has 15 heavy (non-hydrogen) atoms. The Balaban J connectivity index is 2.60. The summed E-state index contributed by atoms with van der Waals surface area (Å²) in [5, 5.41) is 0. The van der Waals surface area contributed by atoms with E-state index in [4.69, 9.17) is 5.73 Å². The van der Waals surface area contributed by atoms with Crippen LogP contribution >= 0.6 is 15.9 Å². The summed E-state index contributed by atoms with van der Waals surface area (Å²) in [7, 11) is 1.89. The summed E-state index contributed by atoms with van der Waals surface area (Å²) >= 11 is 3.32. The minimum Gasteiger partial charge on any atom is -0.383 e. The predicted octanol–water partition coefficient (Wildman–Crippen LogP) is 1.53. The summed E-state index contributed by atoms with van der Waals surface area (Å²) in [5.41, 5.74) is 7.41. The third-order valence-corrected chi connectivity index (χ3v) is 3.07. The van der Waals surface area contributed by atoms with Gasteiger partial charge < -0.3 is 10.3 Å². The van der Waals surface area contributed by atoms with Crippen LogP contribution < -0.4 is 5.73 Å². The van der Waals surface area contributed by atoms with Gasteiger partial charge in [-0.05, 0) is 22.9 Å². The Morgan fingerprint density at radius 2 is 2.13 bits per heavy atom. The fraction of sp³-hybridized carbons (Fsp3) is 0.222. The molecule has 0 spiro atoms. The lowest BCUT2D eigenvalue weighted by Gasteiger charge is -2.05. The van der Waals surface area contributed by atoms with Crippen molar-refractivity contribution in [1.82, 2.24) is 19.5 Å². The first-order valence-electron chi connectivity index (χ1n) is 4.36. The number of hydrogen-bond acceptors (Lipinski definition) is 4. The van der Waals surface area contributed by atoms with Crippen molar-refractivity contribution in [2.45, 2.75) is 6.92 Å². The molecule has 0 unspecified atom stereocenters. The predicted molar refractivity (Wildman–Crippen MR) is 61.1 cm³/mol. The lowest BCUT2D eigenvalue weighted by Crippen LogP contribution is -2.02. The first-order valence-corrected chi connectivity index (χ1v) is 5.15. The van der Waals surface area contributed by atoms with Crippen molar-refractivity contribution in [3.63, 3.8) is 0 Å². The average Bonchev–Trinajstić information content (AvgIpc) is 2.60. The highest BCUT2D eigenvalue weighted by molar-refractivity contribution is 9.10. The van der Waals surface area contributed by atoms with E-state index in [1.807, 2.05) is 18.5 Å². The molecule has 2 rings (SSSR count). The number of nitrogen functional groups attached to an aromatic ring is 1. The summed E-state index contributed by atoms with van der Waals surface area (Å²) in [6.07, 6.45) is 3.41. The third kappa shape index (κ3) is 1.72. The first kappa shape index (κ1) is 10.1. The summed E-state index contributed by atoms with van der Waals surface area (Å²) in [5.74, 6) is 1.03. The minimum atomic E-state index is 0.443. The van der Waals surface area contributed by atoms with Gasteiger partial charge in [-0.2, -0.15) is 0 Å². The number of nitrogens with two attached hydrogens (primary N) is 1. The van der Waals surface area contributed by atoms with Gasteiger partial charge in [-0.3, -0.25) is 0 Å². The molecule has 0 aliphatic heterocycles. The monoisotopic (exact) mass is 267 g/mol. The van der Waals surface area contributed by atoms with E-state index in [1.54, 1.807) is 12.5 Å². The molecule has 2 aromatic rings. The van der Waals surface area contributed by atoms with E-state index in [0.717, 1.165) is 15.9 Å². The fourth-order valence-corrected chi connectivity index (χ4v) is 1.45. The van der Waals surface area contributed by atoms with Crippen LogP contribution in [-0.4, -0.2) is 19.5 Å². The minimum absolute atomic E-state index is 0.443. The van der Waals surface area contributed by atoms with Crippen LogP contribution in [0.15, 0.2) is 17.0 Å². The largest absolute Gasteiger partial charge is 0.383 e. The van der Waals surface area contributed by atoms with Crippen molar-refractivity contribution >= 4 is 21.7 Å². The molecule has 0 bridgehead atoms. The van der Waals surface area contributed by atoms with Gasteiger partial charge in [0.25, 0.3) is 0 Å². The van der Waals surface area contributed by atoms with Crippen LogP contribution in [0.1, 0.15) is 5.69 Å². The highest BCUT2D eigenvalue weighted by atomic mass is 79.9. The standard InChI is InChI=1S/C9H10BrN5/c1-5-7(10)8(11)14-9(13-5)6-3-12-4-15(6)2/h3-4H,1-2H3,(H2,11,13,14). The van der Waals surface area contributed by atoms with E-state index in [1.165, 1.54) is 0 Å².